The molecule has 1 aromatic carbocycles. The quantitative estimate of drug-likeness (QED) is 0.833. The Hall–Kier alpha value is -2.17. The molecule has 1 aliphatic carbocycles. The third kappa shape index (κ3) is 2.71. The molecule has 2 atom stereocenters. The summed E-state index contributed by atoms with van der Waals surface area (Å²) in [5.74, 6) is 1.37. The molecule has 1 saturated carbocycles. The predicted octanol–water partition coefficient (Wildman–Crippen LogP) is 1.87. The first kappa shape index (κ1) is 12.8. The number of hydrogen-bond donors (Lipinski definition) is 0. The summed E-state index contributed by atoms with van der Waals surface area (Å²) in [5, 5.41) is 3.75. The molecule has 2 aromatic rings. The first-order valence-corrected chi connectivity index (χ1v) is 6.81. The Balaban J connectivity index is 1.52. The van der Waals surface area contributed by atoms with E-state index in [0.717, 1.165) is 6.42 Å². The molecule has 0 saturated heterocycles. The van der Waals surface area contributed by atoms with E-state index in [-0.39, 0.29) is 11.8 Å². The Morgan fingerprint density at radius 3 is 2.90 bits per heavy atom. The summed E-state index contributed by atoms with van der Waals surface area (Å²) in [6.45, 7) is 0.621. The smallest absolute Gasteiger partial charge is 0.226 e. The summed E-state index contributed by atoms with van der Waals surface area (Å²) >= 11 is 0. The third-order valence-corrected chi connectivity index (χ3v) is 3.79. The van der Waals surface area contributed by atoms with Crippen molar-refractivity contribution in [3.8, 4) is 0 Å². The van der Waals surface area contributed by atoms with Gasteiger partial charge in [-0.3, -0.25) is 4.79 Å². The SMILES string of the molecule is CN(CCc1ncon1)C(=O)[C@@H]1C[C@H]1c1ccccc1. The van der Waals surface area contributed by atoms with Gasteiger partial charge in [-0.15, -0.1) is 0 Å². The number of amides is 1. The minimum absolute atomic E-state index is 0.132. The molecule has 0 unspecified atom stereocenters. The molecule has 0 N–H and O–H groups in total. The fraction of sp³-hybridized carbons (Fsp3) is 0.400. The van der Waals surface area contributed by atoms with Crippen molar-refractivity contribution in [2.24, 2.45) is 5.92 Å². The lowest BCUT2D eigenvalue weighted by atomic mass is 10.1. The van der Waals surface area contributed by atoms with E-state index in [4.69, 9.17) is 0 Å². The van der Waals surface area contributed by atoms with Gasteiger partial charge in [-0.1, -0.05) is 35.5 Å². The van der Waals surface area contributed by atoms with E-state index in [0.29, 0.717) is 24.7 Å². The zero-order chi connectivity index (χ0) is 13.9. The van der Waals surface area contributed by atoms with Crippen LogP contribution in [0.25, 0.3) is 0 Å². The van der Waals surface area contributed by atoms with E-state index in [2.05, 4.69) is 26.8 Å². The van der Waals surface area contributed by atoms with Crippen LogP contribution in [0.3, 0.4) is 0 Å². The van der Waals surface area contributed by atoms with Crippen LogP contribution in [0, 0.1) is 5.92 Å². The van der Waals surface area contributed by atoms with E-state index >= 15 is 0 Å². The Morgan fingerprint density at radius 1 is 1.40 bits per heavy atom. The second-order valence-corrected chi connectivity index (χ2v) is 5.22. The highest BCUT2D eigenvalue weighted by atomic mass is 16.5. The maximum Gasteiger partial charge on any atom is 0.226 e. The van der Waals surface area contributed by atoms with Crippen LogP contribution in [0.5, 0.6) is 0 Å². The van der Waals surface area contributed by atoms with Gasteiger partial charge < -0.3 is 9.42 Å². The lowest BCUT2D eigenvalue weighted by Crippen LogP contribution is -2.30. The van der Waals surface area contributed by atoms with Crippen LogP contribution in [-0.2, 0) is 11.2 Å². The van der Waals surface area contributed by atoms with Crippen LogP contribution in [0.15, 0.2) is 41.2 Å². The fourth-order valence-electron chi connectivity index (χ4n) is 2.50. The van der Waals surface area contributed by atoms with E-state index < -0.39 is 0 Å². The van der Waals surface area contributed by atoms with Gasteiger partial charge in [0.25, 0.3) is 0 Å². The Labute approximate surface area is 117 Å². The van der Waals surface area contributed by atoms with Gasteiger partial charge in [0.1, 0.15) is 0 Å². The minimum atomic E-state index is 0.132. The van der Waals surface area contributed by atoms with Crippen molar-refractivity contribution in [1.29, 1.82) is 0 Å². The number of benzene rings is 1. The number of aromatic nitrogens is 2. The predicted molar refractivity (Wildman–Crippen MR) is 72.9 cm³/mol. The lowest BCUT2D eigenvalue weighted by Gasteiger charge is -2.16. The second-order valence-electron chi connectivity index (χ2n) is 5.22. The van der Waals surface area contributed by atoms with Gasteiger partial charge in [0.2, 0.25) is 12.3 Å². The second kappa shape index (κ2) is 5.45. The molecule has 1 amide bonds. The molecule has 0 radical (unpaired) electrons. The normalized spacial score (nSPS) is 20.6. The Morgan fingerprint density at radius 2 is 2.20 bits per heavy atom. The molecule has 0 spiro atoms. The molecular weight excluding hydrogens is 254 g/mol. The third-order valence-electron chi connectivity index (χ3n) is 3.79. The maximum absolute atomic E-state index is 12.3. The molecule has 20 heavy (non-hydrogen) atoms. The minimum Gasteiger partial charge on any atom is -0.345 e. The molecule has 5 nitrogen and oxygen atoms in total. The highest BCUT2D eigenvalue weighted by Crippen LogP contribution is 2.48. The van der Waals surface area contributed by atoms with Gasteiger partial charge in [0.05, 0.1) is 0 Å². The molecule has 1 heterocycles. The molecule has 0 bridgehead atoms. The van der Waals surface area contributed by atoms with Crippen molar-refractivity contribution < 1.29 is 9.32 Å². The van der Waals surface area contributed by atoms with Gasteiger partial charge in [-0.2, -0.15) is 4.98 Å². The van der Waals surface area contributed by atoms with Crippen LogP contribution in [-0.4, -0.2) is 34.5 Å². The molecule has 104 valence electrons. The first-order chi connectivity index (χ1) is 9.75. The Kier molecular flexibility index (Phi) is 3.50. The topological polar surface area (TPSA) is 59.2 Å². The number of carbonyl (C=O) groups is 1. The van der Waals surface area contributed by atoms with Crippen molar-refractivity contribution >= 4 is 5.91 Å². The van der Waals surface area contributed by atoms with Gasteiger partial charge in [-0.25, -0.2) is 0 Å². The van der Waals surface area contributed by atoms with Crippen LogP contribution < -0.4 is 0 Å². The molecule has 1 aromatic heterocycles. The number of nitrogens with zero attached hydrogens (tertiary/aromatic N) is 3. The summed E-state index contributed by atoms with van der Waals surface area (Å²) in [4.78, 5) is 18.0. The zero-order valence-electron chi connectivity index (χ0n) is 11.4. The summed E-state index contributed by atoms with van der Waals surface area (Å²) in [6, 6.07) is 10.2. The summed E-state index contributed by atoms with van der Waals surface area (Å²) in [5.41, 5.74) is 1.26. The van der Waals surface area contributed by atoms with Crippen LogP contribution in [0.2, 0.25) is 0 Å². The molecule has 1 fully saturated rings. The monoisotopic (exact) mass is 271 g/mol. The van der Waals surface area contributed by atoms with Gasteiger partial charge >= 0.3 is 0 Å². The van der Waals surface area contributed by atoms with Crippen LogP contribution >= 0.6 is 0 Å². The highest BCUT2D eigenvalue weighted by Gasteiger charge is 2.44. The standard InChI is InChI=1S/C15H17N3O2/c1-18(8-7-14-16-10-20-17-14)15(19)13-9-12(13)11-5-3-2-4-6-11/h2-6,10,12-13H,7-9H2,1H3/t12-,13+/m0/s1. The highest BCUT2D eigenvalue weighted by molar-refractivity contribution is 5.82. The summed E-state index contributed by atoms with van der Waals surface area (Å²) in [6.07, 6.45) is 2.89. The Bertz CT molecular complexity index is 568. The van der Waals surface area contributed by atoms with Crippen molar-refractivity contribution in [2.45, 2.75) is 18.8 Å². The largest absolute Gasteiger partial charge is 0.345 e. The number of rotatable bonds is 5. The molecule has 1 aliphatic rings. The van der Waals surface area contributed by atoms with E-state index in [1.54, 1.807) is 4.90 Å². The average Bonchev–Trinajstić information content (AvgIpc) is 3.12. The zero-order valence-corrected chi connectivity index (χ0v) is 11.4. The van der Waals surface area contributed by atoms with Crippen molar-refractivity contribution in [1.82, 2.24) is 15.0 Å². The van der Waals surface area contributed by atoms with Gasteiger partial charge in [0.15, 0.2) is 5.82 Å². The van der Waals surface area contributed by atoms with Crippen molar-refractivity contribution in [3.05, 3.63) is 48.1 Å². The van der Waals surface area contributed by atoms with E-state index in [1.165, 1.54) is 12.0 Å². The fourth-order valence-corrected chi connectivity index (χ4v) is 2.50. The van der Waals surface area contributed by atoms with Crippen molar-refractivity contribution in [2.75, 3.05) is 13.6 Å². The lowest BCUT2D eigenvalue weighted by molar-refractivity contribution is -0.131. The van der Waals surface area contributed by atoms with Gasteiger partial charge in [0, 0.05) is 25.9 Å². The number of likely N-dealkylation sites (N-methyl/N-ethyl adjacent to an activating group) is 1. The van der Waals surface area contributed by atoms with Crippen molar-refractivity contribution in [3.63, 3.8) is 0 Å². The number of carbonyl (C=O) groups excluding carboxylic acids is 1. The van der Waals surface area contributed by atoms with E-state index in [1.807, 2.05) is 25.2 Å². The van der Waals surface area contributed by atoms with Crippen LogP contribution in [0.1, 0.15) is 23.7 Å². The molecular formula is C15H17N3O2. The van der Waals surface area contributed by atoms with Crippen LogP contribution in [0.4, 0.5) is 0 Å². The summed E-state index contributed by atoms with van der Waals surface area (Å²) < 4.78 is 4.68. The first-order valence-electron chi connectivity index (χ1n) is 6.81. The number of hydrogen-bond acceptors (Lipinski definition) is 4. The van der Waals surface area contributed by atoms with E-state index in [9.17, 15) is 4.79 Å². The molecule has 3 rings (SSSR count). The average molecular weight is 271 g/mol. The maximum atomic E-state index is 12.3. The molecule has 5 heteroatoms. The molecule has 0 aliphatic heterocycles. The summed E-state index contributed by atoms with van der Waals surface area (Å²) in [7, 11) is 1.84. The van der Waals surface area contributed by atoms with Gasteiger partial charge in [-0.05, 0) is 17.9 Å².